The molecule has 1 fully saturated rings. The maximum absolute atomic E-state index is 6.05. The van der Waals surface area contributed by atoms with Crippen molar-refractivity contribution in [3.8, 4) is 11.5 Å². The van der Waals surface area contributed by atoms with Crippen molar-refractivity contribution in [2.45, 2.75) is 45.2 Å². The van der Waals surface area contributed by atoms with E-state index in [4.69, 9.17) is 14.1 Å². The predicted octanol–water partition coefficient (Wildman–Crippen LogP) is 5.19. The fourth-order valence-corrected chi connectivity index (χ4v) is 4.06. The number of aromatic nitrogens is 1. The lowest BCUT2D eigenvalue weighted by Gasteiger charge is -2.35. The SMILES string of the molecule is COCCC1CCCCN1Cc1nc(-c2ccc3ccccc3c2)oc1C. The Morgan fingerprint density at radius 1 is 1.15 bits per heavy atom. The monoisotopic (exact) mass is 364 g/mol. The highest BCUT2D eigenvalue weighted by atomic mass is 16.5. The first-order chi connectivity index (χ1) is 13.2. The average molecular weight is 364 g/mol. The van der Waals surface area contributed by atoms with Crippen LogP contribution in [0.3, 0.4) is 0 Å². The molecule has 4 heteroatoms. The molecule has 1 saturated heterocycles. The maximum atomic E-state index is 6.05. The molecule has 0 radical (unpaired) electrons. The molecule has 4 rings (SSSR count). The summed E-state index contributed by atoms with van der Waals surface area (Å²) in [6.07, 6.45) is 4.91. The Bertz CT molecular complexity index is 902. The van der Waals surface area contributed by atoms with Crippen LogP contribution in [-0.2, 0) is 11.3 Å². The molecule has 0 saturated carbocycles. The summed E-state index contributed by atoms with van der Waals surface area (Å²) in [6, 6.07) is 15.4. The quantitative estimate of drug-likeness (QED) is 0.603. The first-order valence-corrected chi connectivity index (χ1v) is 9.93. The smallest absolute Gasteiger partial charge is 0.226 e. The molecule has 0 amide bonds. The van der Waals surface area contributed by atoms with Crippen molar-refractivity contribution in [1.82, 2.24) is 9.88 Å². The number of piperidine rings is 1. The summed E-state index contributed by atoms with van der Waals surface area (Å²) in [5.74, 6) is 1.65. The van der Waals surface area contributed by atoms with Gasteiger partial charge in [0.05, 0.1) is 5.69 Å². The highest BCUT2D eigenvalue weighted by Gasteiger charge is 2.24. The summed E-state index contributed by atoms with van der Waals surface area (Å²) in [6.45, 7) is 4.84. The van der Waals surface area contributed by atoms with E-state index in [1.807, 2.05) is 6.92 Å². The van der Waals surface area contributed by atoms with Gasteiger partial charge in [-0.25, -0.2) is 4.98 Å². The molecule has 2 heterocycles. The van der Waals surface area contributed by atoms with Gasteiger partial charge < -0.3 is 9.15 Å². The molecule has 142 valence electrons. The number of fused-ring (bicyclic) bond motifs is 1. The van der Waals surface area contributed by atoms with Crippen LogP contribution in [0.2, 0.25) is 0 Å². The van der Waals surface area contributed by atoms with E-state index in [-0.39, 0.29) is 0 Å². The van der Waals surface area contributed by atoms with Crippen LogP contribution in [0.4, 0.5) is 0 Å². The van der Waals surface area contributed by atoms with Crippen LogP contribution < -0.4 is 0 Å². The normalized spacial score (nSPS) is 18.2. The number of hydrogen-bond donors (Lipinski definition) is 0. The fraction of sp³-hybridized carbons (Fsp3) is 0.435. The molecule has 27 heavy (non-hydrogen) atoms. The van der Waals surface area contributed by atoms with Crippen LogP contribution in [0.25, 0.3) is 22.2 Å². The Morgan fingerprint density at radius 3 is 2.85 bits per heavy atom. The zero-order valence-corrected chi connectivity index (χ0v) is 16.3. The molecule has 1 atom stereocenters. The molecule has 1 unspecified atom stereocenters. The predicted molar refractivity (Wildman–Crippen MR) is 109 cm³/mol. The lowest BCUT2D eigenvalue weighted by Crippen LogP contribution is -2.39. The summed E-state index contributed by atoms with van der Waals surface area (Å²) in [5.41, 5.74) is 2.10. The third-order valence-corrected chi connectivity index (χ3v) is 5.65. The van der Waals surface area contributed by atoms with Gasteiger partial charge in [-0.2, -0.15) is 0 Å². The summed E-state index contributed by atoms with van der Waals surface area (Å²) in [7, 11) is 1.78. The van der Waals surface area contributed by atoms with Gasteiger partial charge in [-0.3, -0.25) is 4.90 Å². The van der Waals surface area contributed by atoms with Crippen molar-refractivity contribution in [1.29, 1.82) is 0 Å². The van der Waals surface area contributed by atoms with Gasteiger partial charge >= 0.3 is 0 Å². The van der Waals surface area contributed by atoms with Crippen LogP contribution in [0, 0.1) is 6.92 Å². The summed E-state index contributed by atoms with van der Waals surface area (Å²) < 4.78 is 11.3. The number of ether oxygens (including phenoxy) is 1. The van der Waals surface area contributed by atoms with Gasteiger partial charge in [0.2, 0.25) is 5.89 Å². The number of methoxy groups -OCH3 is 1. The van der Waals surface area contributed by atoms with Crippen molar-refractivity contribution < 1.29 is 9.15 Å². The van der Waals surface area contributed by atoms with Crippen LogP contribution in [-0.4, -0.2) is 36.2 Å². The first kappa shape index (κ1) is 18.2. The molecular formula is C23H28N2O2. The van der Waals surface area contributed by atoms with E-state index in [2.05, 4.69) is 47.4 Å². The largest absolute Gasteiger partial charge is 0.441 e. The van der Waals surface area contributed by atoms with E-state index in [0.717, 1.165) is 49.0 Å². The number of rotatable bonds is 6. The molecule has 4 nitrogen and oxygen atoms in total. The van der Waals surface area contributed by atoms with Gasteiger partial charge in [-0.1, -0.05) is 36.8 Å². The molecule has 1 aliphatic heterocycles. The van der Waals surface area contributed by atoms with Crippen molar-refractivity contribution in [3.05, 3.63) is 53.9 Å². The second kappa shape index (κ2) is 8.24. The van der Waals surface area contributed by atoms with Gasteiger partial charge in [0.1, 0.15) is 5.76 Å². The van der Waals surface area contributed by atoms with E-state index in [0.29, 0.717) is 6.04 Å². The zero-order valence-electron chi connectivity index (χ0n) is 16.3. The summed E-state index contributed by atoms with van der Waals surface area (Å²) in [5, 5.41) is 2.45. The van der Waals surface area contributed by atoms with Crippen molar-refractivity contribution in [2.24, 2.45) is 0 Å². The summed E-state index contributed by atoms with van der Waals surface area (Å²) in [4.78, 5) is 7.41. The minimum atomic E-state index is 0.582. The number of aryl methyl sites for hydroxylation is 1. The molecule has 0 aliphatic carbocycles. The van der Waals surface area contributed by atoms with Crippen molar-refractivity contribution in [3.63, 3.8) is 0 Å². The zero-order chi connectivity index (χ0) is 18.6. The second-order valence-electron chi connectivity index (χ2n) is 7.49. The molecule has 3 aromatic rings. The Labute approximate surface area is 161 Å². The number of benzene rings is 2. The third kappa shape index (κ3) is 4.07. The lowest BCUT2D eigenvalue weighted by atomic mass is 9.99. The molecule has 1 aromatic heterocycles. The topological polar surface area (TPSA) is 38.5 Å². The highest BCUT2D eigenvalue weighted by molar-refractivity contribution is 5.86. The van der Waals surface area contributed by atoms with Crippen molar-refractivity contribution >= 4 is 10.8 Å². The number of hydrogen-bond acceptors (Lipinski definition) is 4. The fourth-order valence-electron chi connectivity index (χ4n) is 4.06. The standard InChI is InChI=1S/C23H28N2O2/c1-17-22(16-25-13-6-5-9-21(25)12-14-26-2)24-23(27-17)20-11-10-18-7-3-4-8-19(18)15-20/h3-4,7-8,10-11,15,21H,5-6,9,12-14,16H2,1-2H3. The lowest BCUT2D eigenvalue weighted by molar-refractivity contribution is 0.0961. The Balaban J connectivity index is 1.55. The first-order valence-electron chi connectivity index (χ1n) is 9.93. The van der Waals surface area contributed by atoms with Crippen molar-refractivity contribution in [2.75, 3.05) is 20.3 Å². The molecule has 2 aromatic carbocycles. The van der Waals surface area contributed by atoms with E-state index in [1.165, 1.54) is 30.0 Å². The molecule has 0 spiro atoms. The van der Waals surface area contributed by atoms with E-state index in [1.54, 1.807) is 7.11 Å². The van der Waals surface area contributed by atoms with Gasteiger partial charge in [0.15, 0.2) is 0 Å². The van der Waals surface area contributed by atoms with E-state index in [9.17, 15) is 0 Å². The number of oxazole rings is 1. The number of likely N-dealkylation sites (tertiary alicyclic amines) is 1. The van der Waals surface area contributed by atoms with Crippen LogP contribution in [0.15, 0.2) is 46.9 Å². The minimum absolute atomic E-state index is 0.582. The molecule has 0 bridgehead atoms. The highest BCUT2D eigenvalue weighted by Crippen LogP contribution is 2.28. The Morgan fingerprint density at radius 2 is 2.00 bits per heavy atom. The molecule has 1 aliphatic rings. The molecular weight excluding hydrogens is 336 g/mol. The minimum Gasteiger partial charge on any atom is -0.441 e. The van der Waals surface area contributed by atoms with Gasteiger partial charge in [-0.15, -0.1) is 0 Å². The van der Waals surface area contributed by atoms with E-state index < -0.39 is 0 Å². The average Bonchev–Trinajstić information content (AvgIpc) is 3.07. The second-order valence-corrected chi connectivity index (χ2v) is 7.49. The summed E-state index contributed by atoms with van der Waals surface area (Å²) >= 11 is 0. The molecule has 0 N–H and O–H groups in total. The van der Waals surface area contributed by atoms with E-state index >= 15 is 0 Å². The van der Waals surface area contributed by atoms with Gasteiger partial charge in [-0.05, 0) is 55.6 Å². The Hall–Kier alpha value is -2.17. The van der Waals surface area contributed by atoms with Gasteiger partial charge in [0.25, 0.3) is 0 Å². The number of nitrogens with zero attached hydrogens (tertiary/aromatic N) is 2. The Kier molecular flexibility index (Phi) is 5.55. The van der Waals surface area contributed by atoms with Crippen LogP contribution in [0.1, 0.15) is 37.1 Å². The third-order valence-electron chi connectivity index (χ3n) is 5.65. The van der Waals surface area contributed by atoms with Crippen LogP contribution in [0.5, 0.6) is 0 Å². The van der Waals surface area contributed by atoms with Crippen LogP contribution >= 0.6 is 0 Å². The maximum Gasteiger partial charge on any atom is 0.226 e. The van der Waals surface area contributed by atoms with Gasteiger partial charge in [0, 0.05) is 31.9 Å².